The lowest BCUT2D eigenvalue weighted by molar-refractivity contribution is 0.0198. The topological polar surface area (TPSA) is 59.4 Å². The molecule has 1 aromatic heterocycles. The Morgan fingerprint density at radius 1 is 1.39 bits per heavy atom. The number of rotatable bonds is 5. The Bertz CT molecular complexity index is 499. The molecule has 0 bridgehead atoms. The van der Waals surface area contributed by atoms with Crippen LogP contribution in [0.4, 0.5) is 4.79 Å². The van der Waals surface area contributed by atoms with Crippen LogP contribution >= 0.6 is 0 Å². The Labute approximate surface area is 139 Å². The molecule has 1 amide bonds. The maximum Gasteiger partial charge on any atom is 0.410 e. The molecule has 1 aromatic rings. The molecule has 6 nitrogen and oxygen atoms in total. The fraction of sp³-hybridized carbons (Fsp3) is 0.765. The van der Waals surface area contributed by atoms with Crippen molar-refractivity contribution < 1.29 is 9.53 Å². The van der Waals surface area contributed by atoms with Crippen LogP contribution in [-0.2, 0) is 17.8 Å². The fourth-order valence-corrected chi connectivity index (χ4v) is 2.78. The van der Waals surface area contributed by atoms with Crippen molar-refractivity contribution >= 4 is 6.09 Å². The van der Waals surface area contributed by atoms with E-state index in [9.17, 15) is 4.79 Å². The Balaban J connectivity index is 1.74. The molecule has 6 heteroatoms. The number of nitrogens with zero attached hydrogens (tertiary/aromatic N) is 3. The van der Waals surface area contributed by atoms with E-state index in [-0.39, 0.29) is 6.09 Å². The van der Waals surface area contributed by atoms with Gasteiger partial charge in [-0.15, -0.1) is 0 Å². The van der Waals surface area contributed by atoms with Crippen molar-refractivity contribution in [3.05, 3.63) is 18.2 Å². The average Bonchev–Trinajstić information content (AvgIpc) is 2.92. The van der Waals surface area contributed by atoms with Crippen molar-refractivity contribution in [3.63, 3.8) is 0 Å². The lowest BCUT2D eigenvalue weighted by Gasteiger charge is -2.33. The van der Waals surface area contributed by atoms with Crippen LogP contribution < -0.4 is 5.32 Å². The number of carbonyl (C=O) groups is 1. The van der Waals surface area contributed by atoms with Gasteiger partial charge in [0.1, 0.15) is 11.4 Å². The highest BCUT2D eigenvalue weighted by atomic mass is 16.6. The predicted molar refractivity (Wildman–Crippen MR) is 90.2 cm³/mol. The number of piperidine rings is 1. The number of nitrogens with one attached hydrogen (secondary N) is 1. The molecule has 0 atom stereocenters. The van der Waals surface area contributed by atoms with Gasteiger partial charge in [0.15, 0.2) is 0 Å². The van der Waals surface area contributed by atoms with Gasteiger partial charge in [-0.3, -0.25) is 0 Å². The normalized spacial score (nSPS) is 16.6. The number of likely N-dealkylation sites (tertiary alicyclic amines) is 1. The van der Waals surface area contributed by atoms with Gasteiger partial charge in [0.2, 0.25) is 0 Å². The Morgan fingerprint density at radius 3 is 2.70 bits per heavy atom. The number of ether oxygens (including phenoxy) is 1. The summed E-state index contributed by atoms with van der Waals surface area (Å²) in [5.41, 5.74) is -0.428. The molecule has 1 aliphatic heterocycles. The van der Waals surface area contributed by atoms with Crippen molar-refractivity contribution in [2.45, 2.75) is 71.7 Å². The van der Waals surface area contributed by atoms with Crippen molar-refractivity contribution in [1.82, 2.24) is 19.8 Å². The van der Waals surface area contributed by atoms with Crippen LogP contribution in [0.25, 0.3) is 0 Å². The lowest BCUT2D eigenvalue weighted by Crippen LogP contribution is -2.46. The molecule has 2 rings (SSSR count). The van der Waals surface area contributed by atoms with Gasteiger partial charge in [-0.25, -0.2) is 9.78 Å². The van der Waals surface area contributed by atoms with E-state index in [1.807, 2.05) is 38.1 Å². The van der Waals surface area contributed by atoms with E-state index in [1.54, 1.807) is 0 Å². The average molecular weight is 322 g/mol. The molecular weight excluding hydrogens is 292 g/mol. The molecule has 0 aromatic carbocycles. The first-order valence-electron chi connectivity index (χ1n) is 8.60. The summed E-state index contributed by atoms with van der Waals surface area (Å²) in [5, 5.41) is 3.57. The van der Waals surface area contributed by atoms with Gasteiger partial charge in [0.05, 0.1) is 6.54 Å². The van der Waals surface area contributed by atoms with Crippen LogP contribution in [0.2, 0.25) is 0 Å². The van der Waals surface area contributed by atoms with E-state index in [0.29, 0.717) is 6.04 Å². The number of aromatic nitrogens is 2. The Kier molecular flexibility index (Phi) is 6.04. The Morgan fingerprint density at radius 2 is 2.09 bits per heavy atom. The highest BCUT2D eigenvalue weighted by Crippen LogP contribution is 2.15. The van der Waals surface area contributed by atoms with Crippen molar-refractivity contribution in [1.29, 1.82) is 0 Å². The first-order chi connectivity index (χ1) is 10.9. The van der Waals surface area contributed by atoms with Gasteiger partial charge in [0, 0.05) is 38.1 Å². The second-order valence-corrected chi connectivity index (χ2v) is 7.16. The molecular formula is C17H30N4O2. The highest BCUT2D eigenvalue weighted by molar-refractivity contribution is 5.68. The number of amides is 1. The third-order valence-corrected chi connectivity index (χ3v) is 3.96. The van der Waals surface area contributed by atoms with Crippen LogP contribution in [0.1, 0.15) is 52.8 Å². The summed E-state index contributed by atoms with van der Waals surface area (Å²) in [6.45, 7) is 11.2. The largest absolute Gasteiger partial charge is 0.444 e. The minimum absolute atomic E-state index is 0.200. The summed E-state index contributed by atoms with van der Waals surface area (Å²) in [7, 11) is 0. The molecule has 2 heterocycles. The van der Waals surface area contributed by atoms with Crippen LogP contribution in [0.3, 0.4) is 0 Å². The van der Waals surface area contributed by atoms with Crippen molar-refractivity contribution in [3.8, 4) is 0 Å². The Hall–Kier alpha value is -1.56. The van der Waals surface area contributed by atoms with Crippen molar-refractivity contribution in [2.75, 3.05) is 13.1 Å². The molecule has 130 valence electrons. The van der Waals surface area contributed by atoms with Crippen LogP contribution in [0.15, 0.2) is 12.4 Å². The molecule has 1 fully saturated rings. The summed E-state index contributed by atoms with van der Waals surface area (Å²) in [4.78, 5) is 18.3. The first kappa shape index (κ1) is 17.8. The van der Waals surface area contributed by atoms with E-state index in [2.05, 4.69) is 21.8 Å². The monoisotopic (exact) mass is 322 g/mol. The van der Waals surface area contributed by atoms with Crippen LogP contribution in [0.5, 0.6) is 0 Å². The van der Waals surface area contributed by atoms with Gasteiger partial charge < -0.3 is 19.5 Å². The van der Waals surface area contributed by atoms with Gasteiger partial charge in [-0.05, 0) is 40.0 Å². The minimum atomic E-state index is -0.428. The van der Waals surface area contributed by atoms with Gasteiger partial charge in [-0.2, -0.15) is 0 Å². The number of imidazole rings is 1. The fourth-order valence-electron chi connectivity index (χ4n) is 2.78. The zero-order chi connectivity index (χ0) is 16.9. The van der Waals surface area contributed by atoms with Gasteiger partial charge in [0.25, 0.3) is 0 Å². The number of hydrogen-bond acceptors (Lipinski definition) is 4. The second-order valence-electron chi connectivity index (χ2n) is 7.16. The number of carbonyl (C=O) groups excluding carboxylic acids is 1. The summed E-state index contributed by atoms with van der Waals surface area (Å²) < 4.78 is 7.62. The summed E-state index contributed by atoms with van der Waals surface area (Å²) in [6.07, 6.45) is 6.71. The van der Waals surface area contributed by atoms with E-state index >= 15 is 0 Å². The third kappa shape index (κ3) is 5.53. The van der Waals surface area contributed by atoms with Crippen LogP contribution in [-0.4, -0.2) is 45.3 Å². The summed E-state index contributed by atoms with van der Waals surface area (Å²) >= 11 is 0. The van der Waals surface area contributed by atoms with Crippen molar-refractivity contribution in [2.24, 2.45) is 0 Å². The lowest BCUT2D eigenvalue weighted by atomic mass is 10.1. The van der Waals surface area contributed by atoms with E-state index in [4.69, 9.17) is 4.74 Å². The molecule has 0 aliphatic carbocycles. The number of hydrogen-bond donors (Lipinski definition) is 1. The van der Waals surface area contributed by atoms with E-state index in [0.717, 1.165) is 51.3 Å². The van der Waals surface area contributed by atoms with E-state index in [1.165, 1.54) is 0 Å². The molecule has 1 saturated heterocycles. The standard InChI is InChI=1S/C17H30N4O2/c1-5-9-20-12-8-18-15(20)13-19-14-6-10-21(11-7-14)16(22)23-17(2,3)4/h8,12,14,19H,5-7,9-11,13H2,1-4H3. The maximum absolute atomic E-state index is 12.1. The zero-order valence-corrected chi connectivity index (χ0v) is 14.8. The van der Waals surface area contributed by atoms with E-state index < -0.39 is 5.60 Å². The molecule has 0 radical (unpaired) electrons. The molecule has 23 heavy (non-hydrogen) atoms. The molecule has 0 saturated carbocycles. The SMILES string of the molecule is CCCn1ccnc1CNC1CCN(C(=O)OC(C)(C)C)CC1. The molecule has 0 unspecified atom stereocenters. The molecule has 1 aliphatic rings. The second kappa shape index (κ2) is 7.81. The van der Waals surface area contributed by atoms with Crippen LogP contribution in [0, 0.1) is 0 Å². The highest BCUT2D eigenvalue weighted by Gasteiger charge is 2.26. The zero-order valence-electron chi connectivity index (χ0n) is 14.8. The summed E-state index contributed by atoms with van der Waals surface area (Å²) in [5.74, 6) is 1.08. The third-order valence-electron chi connectivity index (χ3n) is 3.96. The first-order valence-corrected chi connectivity index (χ1v) is 8.60. The maximum atomic E-state index is 12.1. The summed E-state index contributed by atoms with van der Waals surface area (Å²) in [6, 6.07) is 0.431. The van der Waals surface area contributed by atoms with Gasteiger partial charge >= 0.3 is 6.09 Å². The minimum Gasteiger partial charge on any atom is -0.444 e. The predicted octanol–water partition coefficient (Wildman–Crippen LogP) is 2.78. The smallest absolute Gasteiger partial charge is 0.410 e. The molecule has 0 spiro atoms. The number of aryl methyl sites for hydroxylation is 1. The van der Waals surface area contributed by atoms with Gasteiger partial charge in [-0.1, -0.05) is 6.92 Å². The molecule has 1 N–H and O–H groups in total. The quantitative estimate of drug-likeness (QED) is 0.905.